The van der Waals surface area contributed by atoms with E-state index >= 15 is 0 Å². The summed E-state index contributed by atoms with van der Waals surface area (Å²) in [5.74, 6) is 0. The predicted octanol–water partition coefficient (Wildman–Crippen LogP) is 4.53. The molecule has 0 saturated carbocycles. The van der Waals surface area contributed by atoms with Crippen LogP contribution in [-0.2, 0) is 17.7 Å². The molecule has 136 valence electrons. The van der Waals surface area contributed by atoms with E-state index in [2.05, 4.69) is 42.6 Å². The molecule has 2 rings (SSSR count). The van der Waals surface area contributed by atoms with Gasteiger partial charge in [-0.1, -0.05) is 39.0 Å². The highest BCUT2D eigenvalue weighted by Gasteiger charge is 2.06. The Bertz CT molecular complexity index is 668. The van der Waals surface area contributed by atoms with Crippen LogP contribution in [-0.4, -0.2) is 33.8 Å². The third kappa shape index (κ3) is 8.24. The molecule has 0 amide bonds. The topological polar surface area (TPSA) is 50.8 Å². The molecule has 0 aliphatic carbocycles. The molecule has 0 atom stereocenters. The molecule has 5 heteroatoms. The van der Waals surface area contributed by atoms with Gasteiger partial charge in [0.25, 0.3) is 0 Å². The average molecular weight is 360 g/mol. The van der Waals surface area contributed by atoms with Crippen LogP contribution < -0.4 is 0 Å². The van der Waals surface area contributed by atoms with E-state index in [-0.39, 0.29) is 0 Å². The smallest absolute Gasteiger partial charge is 0.0995 e. The molecule has 1 aromatic carbocycles. The molecule has 2 aromatic rings. The van der Waals surface area contributed by atoms with E-state index < -0.39 is 0 Å². The number of hydrogen-bond donors (Lipinski definition) is 0. The fraction of sp³-hybridized carbons (Fsp3) is 0.500. The fourth-order valence-electron chi connectivity index (χ4n) is 1.97. The van der Waals surface area contributed by atoms with Gasteiger partial charge in [0.2, 0.25) is 0 Å². The number of ether oxygens (including phenoxy) is 1. The van der Waals surface area contributed by atoms with E-state index in [0.29, 0.717) is 23.5 Å². The minimum atomic E-state index is 0.458. The Morgan fingerprint density at radius 3 is 2.56 bits per heavy atom. The molecule has 0 fully saturated rings. The lowest BCUT2D eigenvalue weighted by atomic mass is 10.1. The lowest BCUT2D eigenvalue weighted by molar-refractivity contribution is 0.149. The summed E-state index contributed by atoms with van der Waals surface area (Å²) in [5.41, 5.74) is 2.86. The van der Waals surface area contributed by atoms with Crippen molar-refractivity contribution < 1.29 is 4.74 Å². The van der Waals surface area contributed by atoms with Crippen LogP contribution in [0, 0.1) is 11.3 Å². The van der Waals surface area contributed by atoms with Gasteiger partial charge in [-0.25, -0.2) is 4.98 Å². The Hall–Kier alpha value is -1.77. The molecule has 0 unspecified atom stereocenters. The number of imidazole rings is 1. The van der Waals surface area contributed by atoms with Gasteiger partial charge in [-0.05, 0) is 24.8 Å². The van der Waals surface area contributed by atoms with Crippen molar-refractivity contribution in [2.24, 2.45) is 0 Å². The van der Waals surface area contributed by atoms with Crippen LogP contribution in [0.2, 0.25) is 0 Å². The van der Waals surface area contributed by atoms with Gasteiger partial charge >= 0.3 is 0 Å². The third-order valence-corrected chi connectivity index (χ3v) is 4.82. The number of nitrogens with zero attached hydrogens (tertiary/aromatic N) is 3. The molecule has 1 aromatic heterocycles. The largest absolute Gasteiger partial charge is 0.381 e. The van der Waals surface area contributed by atoms with E-state index in [1.807, 2.05) is 49.1 Å². The SMILES string of the molecule is CCOCCc1cncn1Cc1ccccc1C#N.CSC(C)(C)C. The van der Waals surface area contributed by atoms with Crippen molar-refractivity contribution in [3.05, 3.63) is 53.6 Å². The Morgan fingerprint density at radius 2 is 1.96 bits per heavy atom. The van der Waals surface area contributed by atoms with Gasteiger partial charge in [0.05, 0.1) is 31.1 Å². The van der Waals surface area contributed by atoms with Crippen molar-refractivity contribution in [3.63, 3.8) is 0 Å². The molecular formula is C20H29N3OS. The van der Waals surface area contributed by atoms with Gasteiger partial charge < -0.3 is 9.30 Å². The lowest BCUT2D eigenvalue weighted by Gasteiger charge is -2.12. The van der Waals surface area contributed by atoms with Crippen LogP contribution in [0.5, 0.6) is 0 Å². The van der Waals surface area contributed by atoms with Crippen LogP contribution in [0.4, 0.5) is 0 Å². The highest BCUT2D eigenvalue weighted by atomic mass is 32.2. The van der Waals surface area contributed by atoms with Crippen molar-refractivity contribution in [1.82, 2.24) is 9.55 Å². The van der Waals surface area contributed by atoms with Gasteiger partial charge in [-0.2, -0.15) is 17.0 Å². The standard InChI is InChI=1S/C15H17N3O.C5H12S/c1-2-19-8-7-15-10-17-12-18(15)11-14-6-4-3-5-13(14)9-16;1-5(2,3)6-4/h3-6,10,12H,2,7-8,11H2,1H3;1-4H3. The van der Waals surface area contributed by atoms with Crippen LogP contribution >= 0.6 is 11.8 Å². The van der Waals surface area contributed by atoms with E-state index in [9.17, 15) is 0 Å². The maximum absolute atomic E-state index is 9.09. The highest BCUT2D eigenvalue weighted by Crippen LogP contribution is 2.18. The predicted molar refractivity (Wildman–Crippen MR) is 106 cm³/mol. The average Bonchev–Trinajstić information content (AvgIpc) is 3.03. The maximum atomic E-state index is 9.09. The van der Waals surface area contributed by atoms with Crippen molar-refractivity contribution in [2.45, 2.75) is 45.4 Å². The van der Waals surface area contributed by atoms with Crippen LogP contribution in [0.3, 0.4) is 0 Å². The van der Waals surface area contributed by atoms with Gasteiger partial charge in [-0.3, -0.25) is 0 Å². The lowest BCUT2D eigenvalue weighted by Crippen LogP contribution is -2.07. The first-order valence-corrected chi connectivity index (χ1v) is 9.73. The number of thioether (sulfide) groups is 1. The molecular weight excluding hydrogens is 330 g/mol. The summed E-state index contributed by atoms with van der Waals surface area (Å²) >= 11 is 1.88. The summed E-state index contributed by atoms with van der Waals surface area (Å²) in [6.45, 7) is 10.7. The monoisotopic (exact) mass is 359 g/mol. The minimum absolute atomic E-state index is 0.458. The molecule has 0 bridgehead atoms. The van der Waals surface area contributed by atoms with Crippen LogP contribution in [0.25, 0.3) is 0 Å². The number of aromatic nitrogens is 2. The molecule has 0 aliphatic rings. The molecule has 25 heavy (non-hydrogen) atoms. The second-order valence-electron chi connectivity index (χ2n) is 6.55. The Balaban J connectivity index is 0.000000450. The van der Waals surface area contributed by atoms with Crippen molar-refractivity contribution in [1.29, 1.82) is 5.26 Å². The van der Waals surface area contributed by atoms with E-state index in [4.69, 9.17) is 10.00 Å². The molecule has 0 aliphatic heterocycles. The zero-order valence-corrected chi connectivity index (χ0v) is 16.8. The van der Waals surface area contributed by atoms with Crippen molar-refractivity contribution >= 4 is 11.8 Å². The summed E-state index contributed by atoms with van der Waals surface area (Å²) in [7, 11) is 0. The third-order valence-electron chi connectivity index (χ3n) is 3.60. The van der Waals surface area contributed by atoms with Gasteiger partial charge in [0, 0.05) is 29.7 Å². The Labute approximate surface area is 156 Å². The Kier molecular flexibility index (Phi) is 9.33. The van der Waals surface area contributed by atoms with Crippen molar-refractivity contribution in [2.75, 3.05) is 19.5 Å². The molecule has 0 radical (unpaired) electrons. The summed E-state index contributed by atoms with van der Waals surface area (Å²) in [5, 5.41) is 9.09. The minimum Gasteiger partial charge on any atom is -0.381 e. The van der Waals surface area contributed by atoms with E-state index in [1.165, 1.54) is 0 Å². The van der Waals surface area contributed by atoms with Crippen LogP contribution in [0.15, 0.2) is 36.8 Å². The van der Waals surface area contributed by atoms with E-state index in [1.54, 1.807) is 6.33 Å². The van der Waals surface area contributed by atoms with Crippen LogP contribution in [0.1, 0.15) is 44.5 Å². The van der Waals surface area contributed by atoms with E-state index in [0.717, 1.165) is 24.3 Å². The second-order valence-corrected chi connectivity index (χ2v) is 8.18. The first-order valence-electron chi connectivity index (χ1n) is 8.51. The number of hydrogen-bond acceptors (Lipinski definition) is 4. The highest BCUT2D eigenvalue weighted by molar-refractivity contribution is 7.99. The number of benzene rings is 1. The van der Waals surface area contributed by atoms with Gasteiger partial charge in [0.15, 0.2) is 0 Å². The maximum Gasteiger partial charge on any atom is 0.0995 e. The van der Waals surface area contributed by atoms with Gasteiger partial charge in [0.1, 0.15) is 0 Å². The molecule has 0 spiro atoms. The zero-order valence-electron chi connectivity index (χ0n) is 16.0. The second kappa shape index (κ2) is 11.0. The van der Waals surface area contributed by atoms with Crippen molar-refractivity contribution in [3.8, 4) is 6.07 Å². The number of nitriles is 1. The quantitative estimate of drug-likeness (QED) is 0.711. The molecule has 0 N–H and O–H groups in total. The van der Waals surface area contributed by atoms with Gasteiger partial charge in [-0.15, -0.1) is 0 Å². The fourth-order valence-corrected chi connectivity index (χ4v) is 1.97. The zero-order chi connectivity index (χ0) is 18.7. The molecule has 0 saturated heterocycles. The summed E-state index contributed by atoms with van der Waals surface area (Å²) < 4.78 is 7.89. The summed E-state index contributed by atoms with van der Waals surface area (Å²) in [4.78, 5) is 4.18. The summed E-state index contributed by atoms with van der Waals surface area (Å²) in [6.07, 6.45) is 6.62. The molecule has 1 heterocycles. The molecule has 4 nitrogen and oxygen atoms in total. The first-order chi connectivity index (χ1) is 11.9. The normalized spacial score (nSPS) is 10.7. The number of rotatable bonds is 6. The Morgan fingerprint density at radius 1 is 1.28 bits per heavy atom. The first kappa shape index (κ1) is 21.3. The summed E-state index contributed by atoms with van der Waals surface area (Å²) in [6, 6.07) is 9.87.